The van der Waals surface area contributed by atoms with Gasteiger partial charge in [-0.15, -0.1) is 0 Å². The van der Waals surface area contributed by atoms with Crippen molar-refractivity contribution in [1.82, 2.24) is 0 Å². The van der Waals surface area contributed by atoms with Crippen LogP contribution < -0.4 is 5.32 Å². The van der Waals surface area contributed by atoms with Gasteiger partial charge in [-0.2, -0.15) is 0 Å². The van der Waals surface area contributed by atoms with Crippen molar-refractivity contribution in [3.63, 3.8) is 0 Å². The molecule has 3 aromatic rings. The Morgan fingerprint density at radius 3 is 1.84 bits per heavy atom. The zero-order valence-electron chi connectivity index (χ0n) is 17.7. The van der Waals surface area contributed by atoms with Gasteiger partial charge in [0.25, 0.3) is 0 Å². The smallest absolute Gasteiger partial charge is 0.198 e. The van der Waals surface area contributed by atoms with Crippen molar-refractivity contribution in [1.29, 1.82) is 0 Å². The van der Waals surface area contributed by atoms with E-state index in [1.54, 1.807) is 18.2 Å². The van der Waals surface area contributed by atoms with Crippen molar-refractivity contribution in [2.45, 2.75) is 39.5 Å². The summed E-state index contributed by atoms with van der Waals surface area (Å²) in [7, 11) is 0. The second-order valence-corrected chi connectivity index (χ2v) is 7.85. The molecule has 0 aromatic heterocycles. The van der Waals surface area contributed by atoms with Crippen molar-refractivity contribution < 1.29 is 19.8 Å². The second-order valence-electron chi connectivity index (χ2n) is 7.85. The van der Waals surface area contributed by atoms with Crippen LogP contribution in [0.5, 0.6) is 11.5 Å². The lowest BCUT2D eigenvalue weighted by molar-refractivity contribution is 0.0974. The third-order valence-corrected chi connectivity index (χ3v) is 5.67. The molecule has 0 bridgehead atoms. The van der Waals surface area contributed by atoms with Crippen LogP contribution in [-0.4, -0.2) is 21.8 Å². The van der Waals surface area contributed by atoms with Gasteiger partial charge in [-0.25, -0.2) is 0 Å². The number of hydrogen-bond donors (Lipinski definition) is 3. The first-order valence-electron chi connectivity index (χ1n) is 10.6. The van der Waals surface area contributed by atoms with E-state index >= 15 is 0 Å². The number of aromatic hydroxyl groups is 2. The fourth-order valence-electron chi connectivity index (χ4n) is 4.23. The maximum Gasteiger partial charge on any atom is 0.198 e. The van der Waals surface area contributed by atoms with E-state index in [9.17, 15) is 19.8 Å². The van der Waals surface area contributed by atoms with Gasteiger partial charge in [-0.05, 0) is 54.3 Å². The van der Waals surface area contributed by atoms with Gasteiger partial charge >= 0.3 is 0 Å². The zero-order chi connectivity index (χ0) is 22.1. The van der Waals surface area contributed by atoms with Crippen molar-refractivity contribution >= 4 is 22.9 Å². The molecule has 0 heterocycles. The second kappa shape index (κ2) is 8.26. The summed E-state index contributed by atoms with van der Waals surface area (Å²) in [4.78, 5) is 26.1. The highest BCUT2D eigenvalue weighted by Crippen LogP contribution is 2.39. The van der Waals surface area contributed by atoms with Gasteiger partial charge in [0.2, 0.25) is 0 Å². The molecule has 1 aliphatic carbocycles. The molecule has 3 N–H and O–H groups in total. The maximum absolute atomic E-state index is 13.1. The van der Waals surface area contributed by atoms with E-state index in [2.05, 4.69) is 37.4 Å². The van der Waals surface area contributed by atoms with Crippen LogP contribution in [-0.2, 0) is 12.8 Å². The molecule has 0 saturated heterocycles. The largest absolute Gasteiger partial charge is 0.507 e. The van der Waals surface area contributed by atoms with Crippen molar-refractivity contribution in [3.8, 4) is 11.5 Å². The summed E-state index contributed by atoms with van der Waals surface area (Å²) in [5, 5.41) is 23.8. The summed E-state index contributed by atoms with van der Waals surface area (Å²) in [6.07, 6.45) is 3.90. The number of ketones is 2. The molecular weight excluding hydrogens is 390 g/mol. The highest BCUT2D eigenvalue weighted by molar-refractivity contribution is 6.30. The molecule has 4 rings (SSSR count). The molecule has 158 valence electrons. The molecule has 0 atom stereocenters. The third-order valence-electron chi connectivity index (χ3n) is 5.67. The SMILES string of the molecule is CCCc1cccc(CCC)c1Nc1ccc2c(c1)C(=O)c1c(O)ccc(O)c1C2=O. The molecule has 0 radical (unpaired) electrons. The van der Waals surface area contributed by atoms with Crippen LogP contribution in [0.3, 0.4) is 0 Å². The molecule has 0 spiro atoms. The highest BCUT2D eigenvalue weighted by Gasteiger charge is 2.34. The van der Waals surface area contributed by atoms with E-state index in [1.807, 2.05) is 0 Å². The molecule has 3 aromatic carbocycles. The Labute approximate surface area is 181 Å². The monoisotopic (exact) mass is 415 g/mol. The minimum atomic E-state index is -0.475. The van der Waals surface area contributed by atoms with Crippen LogP contribution in [0.25, 0.3) is 0 Å². The third kappa shape index (κ3) is 3.56. The van der Waals surface area contributed by atoms with E-state index in [-0.39, 0.29) is 33.8 Å². The summed E-state index contributed by atoms with van der Waals surface area (Å²) in [6.45, 7) is 4.28. The van der Waals surface area contributed by atoms with Gasteiger partial charge < -0.3 is 15.5 Å². The molecule has 31 heavy (non-hydrogen) atoms. The average Bonchev–Trinajstić information content (AvgIpc) is 2.76. The fourth-order valence-corrected chi connectivity index (χ4v) is 4.23. The molecule has 0 amide bonds. The summed E-state index contributed by atoms with van der Waals surface area (Å²) in [6, 6.07) is 13.8. The normalized spacial score (nSPS) is 12.5. The number of carbonyl (C=O) groups is 2. The van der Waals surface area contributed by atoms with Crippen molar-refractivity contribution in [3.05, 3.63) is 81.9 Å². The molecule has 5 heteroatoms. The summed E-state index contributed by atoms with van der Waals surface area (Å²) >= 11 is 0. The molecule has 5 nitrogen and oxygen atoms in total. The van der Waals surface area contributed by atoms with E-state index in [0.29, 0.717) is 5.69 Å². The number of rotatable bonds is 6. The lowest BCUT2D eigenvalue weighted by Gasteiger charge is -2.21. The Bertz CT molecular complexity index is 1170. The van der Waals surface area contributed by atoms with E-state index < -0.39 is 11.6 Å². The summed E-state index contributed by atoms with van der Waals surface area (Å²) in [5.74, 6) is -1.56. The number of aryl methyl sites for hydroxylation is 2. The standard InChI is InChI=1S/C26H25NO4/c1-3-6-15-8-5-9-16(7-4-2)24(15)27-17-10-11-18-19(14-17)26(31)23-21(29)13-12-20(28)22(23)25(18)30/h5,8-14,27-29H,3-4,6-7H2,1-2H3. The molecule has 0 aliphatic heterocycles. The minimum Gasteiger partial charge on any atom is -0.507 e. The number of nitrogens with one attached hydrogen (secondary N) is 1. The topological polar surface area (TPSA) is 86.6 Å². The van der Waals surface area contributed by atoms with Crippen LogP contribution in [0.4, 0.5) is 11.4 Å². The number of phenolic OH excluding ortho intramolecular Hbond substituents is 2. The van der Waals surface area contributed by atoms with Gasteiger partial charge in [0.05, 0.1) is 11.1 Å². The van der Waals surface area contributed by atoms with Crippen molar-refractivity contribution in [2.75, 3.05) is 5.32 Å². The zero-order valence-corrected chi connectivity index (χ0v) is 17.7. The predicted octanol–water partition coefficient (Wildman–Crippen LogP) is 5.52. The molecule has 0 saturated carbocycles. The highest BCUT2D eigenvalue weighted by atomic mass is 16.3. The Morgan fingerprint density at radius 2 is 1.29 bits per heavy atom. The first kappa shape index (κ1) is 20.7. The van der Waals surface area contributed by atoms with E-state index in [1.165, 1.54) is 23.3 Å². The Morgan fingerprint density at radius 1 is 0.742 bits per heavy atom. The maximum atomic E-state index is 13.1. The molecule has 0 unspecified atom stereocenters. The van der Waals surface area contributed by atoms with Crippen LogP contribution in [0.2, 0.25) is 0 Å². The van der Waals surface area contributed by atoms with Crippen LogP contribution in [0, 0.1) is 0 Å². The predicted molar refractivity (Wildman–Crippen MR) is 121 cm³/mol. The van der Waals surface area contributed by atoms with Gasteiger partial charge in [-0.3, -0.25) is 9.59 Å². The van der Waals surface area contributed by atoms with Crippen LogP contribution in [0.1, 0.15) is 69.7 Å². The first-order chi connectivity index (χ1) is 15.0. The minimum absolute atomic E-state index is 0.142. The number of carbonyl (C=O) groups excluding carboxylic acids is 2. The number of phenols is 2. The van der Waals surface area contributed by atoms with Gasteiger partial charge in [-0.1, -0.05) is 44.9 Å². The summed E-state index contributed by atoms with van der Waals surface area (Å²) < 4.78 is 0. The number of anilines is 2. The number of hydrogen-bond acceptors (Lipinski definition) is 5. The molecular formula is C26H25NO4. The number of para-hydroxylation sites is 1. The first-order valence-corrected chi connectivity index (χ1v) is 10.6. The fraction of sp³-hybridized carbons (Fsp3) is 0.231. The van der Waals surface area contributed by atoms with Gasteiger partial charge in [0.1, 0.15) is 11.5 Å². The number of fused-ring (bicyclic) bond motifs is 2. The van der Waals surface area contributed by atoms with Crippen LogP contribution >= 0.6 is 0 Å². The lowest BCUT2D eigenvalue weighted by Crippen LogP contribution is -2.21. The Balaban J connectivity index is 1.78. The average molecular weight is 415 g/mol. The van der Waals surface area contributed by atoms with E-state index in [0.717, 1.165) is 31.4 Å². The van der Waals surface area contributed by atoms with Gasteiger partial charge in [0, 0.05) is 22.5 Å². The Hall–Kier alpha value is -3.60. The molecule has 0 fully saturated rings. The quantitative estimate of drug-likeness (QED) is 0.361. The lowest BCUT2D eigenvalue weighted by atomic mass is 9.83. The van der Waals surface area contributed by atoms with Crippen molar-refractivity contribution in [2.24, 2.45) is 0 Å². The molecule has 1 aliphatic rings. The van der Waals surface area contributed by atoms with Gasteiger partial charge in [0.15, 0.2) is 11.6 Å². The summed E-state index contributed by atoms with van der Waals surface area (Å²) in [5.41, 5.74) is 4.31. The Kier molecular flexibility index (Phi) is 5.51. The van der Waals surface area contributed by atoms with Crippen LogP contribution in [0.15, 0.2) is 48.5 Å². The number of benzene rings is 3. The van der Waals surface area contributed by atoms with E-state index in [4.69, 9.17) is 0 Å².